The highest BCUT2D eigenvalue weighted by Crippen LogP contribution is 1.95. The molecule has 0 bridgehead atoms. The number of hydrogen-bond acceptors (Lipinski definition) is 3. The third-order valence-electron chi connectivity index (χ3n) is 0.515. The molecular weight excluding hydrogens is 120 g/mol. The first-order valence-electron chi connectivity index (χ1n) is 2.59. The second kappa shape index (κ2) is 5.12. The molecule has 0 aliphatic carbocycles. The van der Waals surface area contributed by atoms with Crippen LogP contribution in [-0.2, 0) is 0 Å². The first kappa shape index (κ1) is 7.98. The molecule has 0 aliphatic heterocycles. The average Bonchev–Trinajstić information content (AvgIpc) is 1.66. The summed E-state index contributed by atoms with van der Waals surface area (Å²) in [6.07, 6.45) is 0. The zero-order valence-electron chi connectivity index (χ0n) is 5.59. The summed E-state index contributed by atoms with van der Waals surface area (Å²) in [4.78, 5) is 4.01. The van der Waals surface area contributed by atoms with Gasteiger partial charge in [0, 0.05) is 6.54 Å². The van der Waals surface area contributed by atoms with Crippen molar-refractivity contribution < 1.29 is 0 Å². The van der Waals surface area contributed by atoms with Crippen LogP contribution >= 0.6 is 11.9 Å². The Morgan fingerprint density at radius 2 is 2.25 bits per heavy atom. The molecule has 0 fully saturated rings. The lowest BCUT2D eigenvalue weighted by molar-refractivity contribution is 0.710. The predicted octanol–water partition coefficient (Wildman–Crippen LogP) is 1.24. The highest BCUT2D eigenvalue weighted by Gasteiger charge is 1.80. The Morgan fingerprint density at radius 1 is 1.62 bits per heavy atom. The molecule has 0 heterocycles. The third kappa shape index (κ3) is 5.98. The van der Waals surface area contributed by atoms with Crippen molar-refractivity contribution in [1.82, 2.24) is 4.31 Å². The van der Waals surface area contributed by atoms with Gasteiger partial charge in [0.1, 0.15) is 0 Å². The summed E-state index contributed by atoms with van der Waals surface area (Å²) in [6, 6.07) is 0. The minimum atomic E-state index is 0.876. The van der Waals surface area contributed by atoms with Gasteiger partial charge < -0.3 is 0 Å². The lowest BCUT2D eigenvalue weighted by Gasteiger charge is -2.00. The monoisotopic (exact) mass is 132 g/mol. The van der Waals surface area contributed by atoms with Gasteiger partial charge in [-0.25, -0.2) is 0 Å². The number of aliphatic imine (C=N–C) groups is 1. The molecule has 0 amide bonds. The zero-order chi connectivity index (χ0) is 6.41. The molecule has 8 heavy (non-hydrogen) atoms. The molecule has 3 heteroatoms. The lowest BCUT2D eigenvalue weighted by atomic mass is 10.8. The number of hydrogen-bond donors (Lipinski definition) is 0. The minimum Gasteiger partial charge on any atom is -0.285 e. The van der Waals surface area contributed by atoms with Gasteiger partial charge in [-0.1, -0.05) is 0 Å². The molecule has 0 aromatic carbocycles. The van der Waals surface area contributed by atoms with E-state index in [9.17, 15) is 0 Å². The molecule has 0 aromatic heterocycles. The summed E-state index contributed by atoms with van der Waals surface area (Å²) < 4.78 is 2.00. The van der Waals surface area contributed by atoms with Crippen LogP contribution in [0.25, 0.3) is 0 Å². The van der Waals surface area contributed by atoms with Crippen molar-refractivity contribution >= 4 is 17.5 Å². The molecular formula is C5H12N2S. The smallest absolute Gasteiger partial charge is 0.0695 e. The molecule has 0 unspecified atom stereocenters. The fourth-order valence-electron chi connectivity index (χ4n) is 0.202. The molecule has 48 valence electrons. The van der Waals surface area contributed by atoms with Gasteiger partial charge in [-0.15, -0.1) is 0 Å². The Hall–Kier alpha value is -0.0200. The topological polar surface area (TPSA) is 15.6 Å². The first-order chi connectivity index (χ1) is 3.77. The van der Waals surface area contributed by atoms with E-state index in [0.29, 0.717) is 0 Å². The normalized spacial score (nSPS) is 11.5. The SMILES string of the molecule is CCN=CSN(C)C. The molecule has 0 N–H and O–H groups in total. The van der Waals surface area contributed by atoms with Gasteiger partial charge in [0.2, 0.25) is 0 Å². The third-order valence-corrected chi connectivity index (χ3v) is 1.18. The maximum atomic E-state index is 4.01. The minimum absolute atomic E-state index is 0.876. The highest BCUT2D eigenvalue weighted by molar-refractivity contribution is 8.10. The van der Waals surface area contributed by atoms with Crippen LogP contribution in [0.3, 0.4) is 0 Å². The fourth-order valence-corrected chi connectivity index (χ4v) is 0.606. The highest BCUT2D eigenvalue weighted by atomic mass is 32.2. The van der Waals surface area contributed by atoms with Crippen molar-refractivity contribution in [2.24, 2.45) is 4.99 Å². The van der Waals surface area contributed by atoms with Gasteiger partial charge in [0.05, 0.1) is 5.55 Å². The summed E-state index contributed by atoms with van der Waals surface area (Å²) in [5, 5.41) is 0. The largest absolute Gasteiger partial charge is 0.285 e. The second-order valence-electron chi connectivity index (χ2n) is 1.52. The van der Waals surface area contributed by atoms with E-state index in [1.165, 1.54) is 0 Å². The van der Waals surface area contributed by atoms with Crippen molar-refractivity contribution in [3.63, 3.8) is 0 Å². The fraction of sp³-hybridized carbons (Fsp3) is 0.800. The Balaban J connectivity index is 3.03. The van der Waals surface area contributed by atoms with Crippen LogP contribution in [0.4, 0.5) is 0 Å². The van der Waals surface area contributed by atoms with Gasteiger partial charge in [-0.05, 0) is 33.0 Å². The maximum absolute atomic E-state index is 4.01. The quantitative estimate of drug-likeness (QED) is 0.326. The summed E-state index contributed by atoms with van der Waals surface area (Å²) in [7, 11) is 3.98. The lowest BCUT2D eigenvalue weighted by Crippen LogP contribution is -1.98. The second-order valence-corrected chi connectivity index (χ2v) is 2.67. The van der Waals surface area contributed by atoms with E-state index >= 15 is 0 Å². The van der Waals surface area contributed by atoms with E-state index in [-0.39, 0.29) is 0 Å². The molecule has 0 rings (SSSR count). The van der Waals surface area contributed by atoms with E-state index in [0.717, 1.165) is 6.54 Å². The van der Waals surface area contributed by atoms with Crippen LogP contribution in [0.1, 0.15) is 6.92 Å². The molecule has 0 saturated heterocycles. The summed E-state index contributed by atoms with van der Waals surface area (Å²) in [5.41, 5.74) is 1.85. The van der Waals surface area contributed by atoms with Crippen LogP contribution < -0.4 is 0 Å². The van der Waals surface area contributed by atoms with E-state index in [2.05, 4.69) is 4.99 Å². The van der Waals surface area contributed by atoms with Crippen LogP contribution in [0.15, 0.2) is 4.99 Å². The van der Waals surface area contributed by atoms with E-state index < -0.39 is 0 Å². The van der Waals surface area contributed by atoms with Gasteiger partial charge in [0.15, 0.2) is 0 Å². The van der Waals surface area contributed by atoms with Gasteiger partial charge in [-0.2, -0.15) is 0 Å². The Kier molecular flexibility index (Phi) is 5.11. The standard InChI is InChI=1S/C5H12N2S/c1-4-6-5-8-7(2)3/h5H,4H2,1-3H3. The molecule has 0 spiro atoms. The molecule has 0 saturated carbocycles. The summed E-state index contributed by atoms with van der Waals surface area (Å²) in [6.45, 7) is 2.90. The Labute approximate surface area is 55.1 Å². The van der Waals surface area contributed by atoms with Crippen molar-refractivity contribution in [2.45, 2.75) is 6.92 Å². The molecule has 0 aliphatic rings. The summed E-state index contributed by atoms with van der Waals surface area (Å²) in [5.74, 6) is 0. The van der Waals surface area contributed by atoms with Crippen LogP contribution in [0.5, 0.6) is 0 Å². The van der Waals surface area contributed by atoms with Crippen LogP contribution in [0.2, 0.25) is 0 Å². The van der Waals surface area contributed by atoms with Crippen molar-refractivity contribution in [2.75, 3.05) is 20.6 Å². The number of nitrogens with zero attached hydrogens (tertiary/aromatic N) is 2. The van der Waals surface area contributed by atoms with Gasteiger partial charge in [-0.3, -0.25) is 9.30 Å². The molecule has 0 atom stereocenters. The van der Waals surface area contributed by atoms with Crippen LogP contribution in [-0.4, -0.2) is 30.5 Å². The Bertz CT molecular complexity index is 70.8. The molecule has 2 nitrogen and oxygen atoms in total. The van der Waals surface area contributed by atoms with Crippen molar-refractivity contribution in [3.05, 3.63) is 0 Å². The first-order valence-corrected chi connectivity index (χ1v) is 3.43. The zero-order valence-corrected chi connectivity index (χ0v) is 6.40. The maximum Gasteiger partial charge on any atom is 0.0695 e. The predicted molar refractivity (Wildman–Crippen MR) is 40.3 cm³/mol. The van der Waals surface area contributed by atoms with E-state index in [1.807, 2.05) is 30.9 Å². The average molecular weight is 132 g/mol. The Morgan fingerprint density at radius 3 is 2.62 bits per heavy atom. The van der Waals surface area contributed by atoms with Crippen molar-refractivity contribution in [1.29, 1.82) is 0 Å². The summed E-state index contributed by atoms with van der Waals surface area (Å²) >= 11 is 1.60. The van der Waals surface area contributed by atoms with E-state index in [1.54, 1.807) is 11.9 Å². The molecule has 0 aromatic rings. The molecule has 0 radical (unpaired) electrons. The van der Waals surface area contributed by atoms with E-state index in [4.69, 9.17) is 0 Å². The van der Waals surface area contributed by atoms with Gasteiger partial charge in [0.25, 0.3) is 0 Å². The van der Waals surface area contributed by atoms with Crippen molar-refractivity contribution in [3.8, 4) is 0 Å². The van der Waals surface area contributed by atoms with Gasteiger partial charge >= 0.3 is 0 Å². The van der Waals surface area contributed by atoms with Crippen LogP contribution in [0, 0.1) is 0 Å². The number of rotatable bonds is 3.